The molecule has 18 heteroatoms. The van der Waals surface area contributed by atoms with E-state index in [0.717, 1.165) is 31.4 Å². The standard InChI is InChI=1S/C32H39N5O3.2C2HF3O2/c33-17-19-35-30(38)25-14-9-15-26(20-25)31(39)37-28(32(40)36-22-23-10-3-1-4-11-23)16-7-8-18-34-29-21-27(29)24-12-5-2-6-13-24;2*3-2(4,5)1(6)7/h1-6,9-15,20,27-29,34H,7-8,16-19,21-22,33H2,(H,35,38)(H,36,40)(H,37,39);2*(H,6,7)/t27-,28?,29+;;/m0../s1. The number of unbranched alkanes of at least 4 members (excludes halogenated alkanes) is 1. The normalized spacial score (nSPS) is 15.2. The monoisotopic (exact) mass is 769 g/mol. The summed E-state index contributed by atoms with van der Waals surface area (Å²) in [5.74, 6) is -5.86. The number of nitrogens with two attached hydrogens (primary N) is 1. The summed E-state index contributed by atoms with van der Waals surface area (Å²) in [5, 5.41) is 26.4. The maximum absolute atomic E-state index is 13.1. The molecule has 0 aliphatic heterocycles. The second-order valence-electron chi connectivity index (χ2n) is 11.8. The van der Waals surface area contributed by atoms with E-state index in [1.54, 1.807) is 18.2 Å². The molecule has 1 fully saturated rings. The van der Waals surface area contributed by atoms with Crippen molar-refractivity contribution in [1.82, 2.24) is 21.3 Å². The molecule has 0 radical (unpaired) electrons. The quantitative estimate of drug-likeness (QED) is 0.0867. The first kappa shape index (κ1) is 44.7. The molecular weight excluding hydrogens is 728 g/mol. The Labute approximate surface area is 306 Å². The van der Waals surface area contributed by atoms with Crippen LogP contribution in [0.4, 0.5) is 26.3 Å². The van der Waals surface area contributed by atoms with Gasteiger partial charge in [0, 0.05) is 42.7 Å². The van der Waals surface area contributed by atoms with Crippen LogP contribution in [0.25, 0.3) is 0 Å². The van der Waals surface area contributed by atoms with E-state index in [9.17, 15) is 40.7 Å². The second kappa shape index (κ2) is 21.9. The van der Waals surface area contributed by atoms with Crippen LogP contribution in [0.2, 0.25) is 0 Å². The van der Waals surface area contributed by atoms with Crippen LogP contribution in [-0.2, 0) is 20.9 Å². The number of benzene rings is 3. The predicted molar refractivity (Wildman–Crippen MR) is 184 cm³/mol. The van der Waals surface area contributed by atoms with Gasteiger partial charge in [0.05, 0.1) is 0 Å². The van der Waals surface area contributed by atoms with Gasteiger partial charge in [-0.1, -0.05) is 66.7 Å². The van der Waals surface area contributed by atoms with E-state index in [-0.39, 0.29) is 11.8 Å². The van der Waals surface area contributed by atoms with E-state index in [4.69, 9.17) is 25.5 Å². The van der Waals surface area contributed by atoms with Crippen molar-refractivity contribution in [3.8, 4) is 0 Å². The van der Waals surface area contributed by atoms with Gasteiger partial charge in [-0.15, -0.1) is 0 Å². The van der Waals surface area contributed by atoms with Crippen LogP contribution < -0.4 is 27.0 Å². The molecule has 12 nitrogen and oxygen atoms in total. The molecule has 0 aromatic heterocycles. The fourth-order valence-corrected chi connectivity index (χ4v) is 4.76. The zero-order valence-corrected chi connectivity index (χ0v) is 28.8. The number of carbonyl (C=O) groups excluding carboxylic acids is 3. The lowest BCUT2D eigenvalue weighted by atomic mass is 10.1. The summed E-state index contributed by atoms with van der Waals surface area (Å²) in [7, 11) is 0. The third-order valence-corrected chi connectivity index (χ3v) is 7.58. The van der Waals surface area contributed by atoms with Crippen molar-refractivity contribution in [3.05, 3.63) is 107 Å². The van der Waals surface area contributed by atoms with Crippen molar-refractivity contribution in [1.29, 1.82) is 0 Å². The van der Waals surface area contributed by atoms with Crippen LogP contribution in [0.1, 0.15) is 63.4 Å². The van der Waals surface area contributed by atoms with Crippen molar-refractivity contribution in [2.75, 3.05) is 19.6 Å². The fraction of sp³-hybridized carbons (Fsp3) is 0.361. The highest BCUT2D eigenvalue weighted by Crippen LogP contribution is 2.40. The molecule has 4 rings (SSSR count). The van der Waals surface area contributed by atoms with Crippen molar-refractivity contribution in [3.63, 3.8) is 0 Å². The molecule has 54 heavy (non-hydrogen) atoms. The number of hydrogen-bond acceptors (Lipinski definition) is 7. The minimum absolute atomic E-state index is 0.228. The Morgan fingerprint density at radius 1 is 0.722 bits per heavy atom. The third kappa shape index (κ3) is 16.9. The Balaban J connectivity index is 0.000000610. The summed E-state index contributed by atoms with van der Waals surface area (Å²) < 4.78 is 63.5. The summed E-state index contributed by atoms with van der Waals surface area (Å²) in [6, 6.07) is 26.5. The Hall–Kier alpha value is -5.49. The lowest BCUT2D eigenvalue weighted by Crippen LogP contribution is -2.46. The highest BCUT2D eigenvalue weighted by molar-refractivity contribution is 6.01. The van der Waals surface area contributed by atoms with Crippen molar-refractivity contribution in [2.45, 2.75) is 62.6 Å². The van der Waals surface area contributed by atoms with Gasteiger partial charge in [0.1, 0.15) is 6.04 Å². The van der Waals surface area contributed by atoms with Gasteiger partial charge in [-0.3, -0.25) is 14.4 Å². The van der Waals surface area contributed by atoms with Crippen LogP contribution in [-0.4, -0.2) is 83.9 Å². The summed E-state index contributed by atoms with van der Waals surface area (Å²) >= 11 is 0. The number of rotatable bonds is 15. The molecule has 1 aliphatic rings. The molecule has 1 unspecified atom stereocenters. The minimum Gasteiger partial charge on any atom is -0.475 e. The maximum atomic E-state index is 13.1. The fourth-order valence-electron chi connectivity index (χ4n) is 4.76. The van der Waals surface area contributed by atoms with Crippen molar-refractivity contribution >= 4 is 29.7 Å². The zero-order valence-electron chi connectivity index (χ0n) is 28.8. The molecule has 1 saturated carbocycles. The van der Waals surface area contributed by atoms with Gasteiger partial charge in [0.15, 0.2) is 0 Å². The van der Waals surface area contributed by atoms with Crippen molar-refractivity contribution < 1.29 is 60.5 Å². The lowest BCUT2D eigenvalue weighted by molar-refractivity contribution is -0.193. The van der Waals surface area contributed by atoms with Gasteiger partial charge in [-0.05, 0) is 61.6 Å². The summed E-state index contributed by atoms with van der Waals surface area (Å²) in [6.07, 6.45) is -6.83. The Bertz CT molecular complexity index is 1640. The molecule has 0 saturated heterocycles. The number of halogens is 6. The molecular formula is C36H41F6N5O7. The first-order valence-electron chi connectivity index (χ1n) is 16.5. The van der Waals surface area contributed by atoms with Gasteiger partial charge in [0.25, 0.3) is 11.8 Å². The molecule has 3 amide bonds. The molecule has 1 aliphatic carbocycles. The van der Waals surface area contributed by atoms with Gasteiger partial charge in [-0.2, -0.15) is 26.3 Å². The first-order valence-corrected chi connectivity index (χ1v) is 16.5. The summed E-state index contributed by atoms with van der Waals surface area (Å²) in [6.45, 7) is 1.92. The van der Waals surface area contributed by atoms with E-state index >= 15 is 0 Å². The molecule has 8 N–H and O–H groups in total. The Morgan fingerprint density at radius 2 is 1.26 bits per heavy atom. The van der Waals surface area contributed by atoms with Crippen molar-refractivity contribution in [2.24, 2.45) is 5.73 Å². The average molecular weight is 770 g/mol. The van der Waals surface area contributed by atoms with Gasteiger partial charge < -0.3 is 37.2 Å². The third-order valence-electron chi connectivity index (χ3n) is 7.58. The number of nitrogens with one attached hydrogen (secondary N) is 4. The molecule has 3 atom stereocenters. The van der Waals surface area contributed by atoms with Gasteiger partial charge >= 0.3 is 24.3 Å². The maximum Gasteiger partial charge on any atom is 0.490 e. The number of carboxylic acid groups (broad SMARTS) is 2. The number of hydrogen-bond donors (Lipinski definition) is 7. The molecule has 0 heterocycles. The smallest absolute Gasteiger partial charge is 0.475 e. The molecule has 0 bridgehead atoms. The molecule has 3 aromatic rings. The van der Waals surface area contributed by atoms with Crippen LogP contribution in [0.3, 0.4) is 0 Å². The Kier molecular flexibility index (Phi) is 18.1. The van der Waals surface area contributed by atoms with E-state index in [1.807, 2.05) is 36.4 Å². The summed E-state index contributed by atoms with van der Waals surface area (Å²) in [5.41, 5.74) is 8.51. The van der Waals surface area contributed by atoms with E-state index in [0.29, 0.717) is 49.1 Å². The van der Waals surface area contributed by atoms with Crippen LogP contribution >= 0.6 is 0 Å². The number of alkyl halides is 6. The van der Waals surface area contributed by atoms with Gasteiger partial charge in [-0.25, -0.2) is 9.59 Å². The second-order valence-corrected chi connectivity index (χ2v) is 11.8. The van der Waals surface area contributed by atoms with Crippen LogP contribution in [0.15, 0.2) is 84.9 Å². The lowest BCUT2D eigenvalue weighted by Gasteiger charge is -2.19. The van der Waals surface area contributed by atoms with Crippen LogP contribution in [0.5, 0.6) is 0 Å². The topological polar surface area (TPSA) is 200 Å². The number of amides is 3. The number of carbonyl (C=O) groups is 5. The number of aliphatic carboxylic acids is 2. The average Bonchev–Trinajstić information content (AvgIpc) is 3.92. The summed E-state index contributed by atoms with van der Waals surface area (Å²) in [4.78, 5) is 56.4. The predicted octanol–water partition coefficient (Wildman–Crippen LogP) is 4.37. The highest BCUT2D eigenvalue weighted by Gasteiger charge is 2.39. The molecule has 0 spiro atoms. The van der Waals surface area contributed by atoms with E-state index in [1.165, 1.54) is 11.6 Å². The minimum atomic E-state index is -5.08. The first-order chi connectivity index (χ1) is 25.4. The molecule has 294 valence electrons. The Morgan fingerprint density at radius 3 is 1.80 bits per heavy atom. The van der Waals surface area contributed by atoms with E-state index < -0.39 is 36.2 Å². The van der Waals surface area contributed by atoms with E-state index in [2.05, 4.69) is 45.5 Å². The van der Waals surface area contributed by atoms with Gasteiger partial charge in [0.2, 0.25) is 5.91 Å². The van der Waals surface area contributed by atoms with Crippen LogP contribution in [0, 0.1) is 0 Å². The highest BCUT2D eigenvalue weighted by atomic mass is 19.4. The molecule has 3 aromatic carbocycles. The zero-order chi connectivity index (χ0) is 40.3. The SMILES string of the molecule is NCCNC(=O)c1cccc(C(=O)NC(CCCCN[C@@H]2C[C@H]2c2ccccc2)C(=O)NCc2ccccc2)c1.O=C(O)C(F)(F)F.O=C(O)C(F)(F)F. The number of carboxylic acids is 2. The largest absolute Gasteiger partial charge is 0.490 e.